The average Bonchev–Trinajstić information content (AvgIpc) is 2.73. The van der Waals surface area contributed by atoms with E-state index in [0.29, 0.717) is 37.5 Å². The quantitative estimate of drug-likeness (QED) is 0.804. The molecular formula is C22H26FN3O3. The number of piperidine rings is 1. The van der Waals surface area contributed by atoms with Gasteiger partial charge in [0.25, 0.3) is 0 Å². The molecule has 1 unspecified atom stereocenters. The Hall–Kier alpha value is -3.09. The summed E-state index contributed by atoms with van der Waals surface area (Å²) in [6.45, 7) is 3.10. The lowest BCUT2D eigenvalue weighted by atomic mass is 9.81. The zero-order valence-corrected chi connectivity index (χ0v) is 16.7. The normalized spacial score (nSPS) is 18.8. The van der Waals surface area contributed by atoms with Crippen molar-refractivity contribution in [1.29, 1.82) is 0 Å². The lowest BCUT2D eigenvalue weighted by molar-refractivity contribution is -0.132. The lowest BCUT2D eigenvalue weighted by Gasteiger charge is -2.39. The van der Waals surface area contributed by atoms with Gasteiger partial charge in [0.05, 0.1) is 18.2 Å². The maximum Gasteiger partial charge on any atom is 0.321 e. The van der Waals surface area contributed by atoms with Gasteiger partial charge in [-0.15, -0.1) is 0 Å². The highest BCUT2D eigenvalue weighted by molar-refractivity contribution is 5.92. The summed E-state index contributed by atoms with van der Waals surface area (Å²) in [5.74, 6) is 0.158. The van der Waals surface area contributed by atoms with Crippen molar-refractivity contribution in [1.82, 2.24) is 10.2 Å². The molecule has 0 bridgehead atoms. The van der Waals surface area contributed by atoms with E-state index in [4.69, 9.17) is 4.74 Å². The van der Waals surface area contributed by atoms with Gasteiger partial charge < -0.3 is 20.3 Å². The number of halogens is 1. The fourth-order valence-electron chi connectivity index (χ4n) is 3.54. The van der Waals surface area contributed by atoms with Crippen molar-refractivity contribution in [2.45, 2.75) is 26.3 Å². The summed E-state index contributed by atoms with van der Waals surface area (Å²) in [6.07, 6.45) is 1.43. The largest absolute Gasteiger partial charge is 0.495 e. The van der Waals surface area contributed by atoms with E-state index in [1.54, 1.807) is 36.3 Å². The van der Waals surface area contributed by atoms with Gasteiger partial charge in [0, 0.05) is 19.6 Å². The van der Waals surface area contributed by atoms with Crippen LogP contribution >= 0.6 is 0 Å². The summed E-state index contributed by atoms with van der Waals surface area (Å²) < 4.78 is 18.3. The molecule has 0 saturated carbocycles. The summed E-state index contributed by atoms with van der Waals surface area (Å²) in [4.78, 5) is 27.2. The predicted octanol–water partition coefficient (Wildman–Crippen LogP) is 3.78. The molecule has 0 radical (unpaired) electrons. The van der Waals surface area contributed by atoms with Crippen molar-refractivity contribution >= 4 is 17.6 Å². The van der Waals surface area contributed by atoms with Crippen molar-refractivity contribution < 1.29 is 18.7 Å². The first kappa shape index (κ1) is 20.6. The zero-order chi connectivity index (χ0) is 20.9. The van der Waals surface area contributed by atoms with Crippen LogP contribution in [0.4, 0.5) is 14.9 Å². The van der Waals surface area contributed by atoms with Crippen LogP contribution in [-0.4, -0.2) is 37.0 Å². The first-order chi connectivity index (χ1) is 13.9. The zero-order valence-electron chi connectivity index (χ0n) is 16.7. The number of likely N-dealkylation sites (tertiary alicyclic amines) is 1. The van der Waals surface area contributed by atoms with E-state index >= 15 is 0 Å². The van der Waals surface area contributed by atoms with Crippen molar-refractivity contribution in [3.05, 3.63) is 59.9 Å². The van der Waals surface area contributed by atoms with E-state index in [1.165, 1.54) is 12.1 Å². The summed E-state index contributed by atoms with van der Waals surface area (Å²) >= 11 is 0. The molecule has 2 aromatic rings. The number of ether oxygens (including phenoxy) is 1. The van der Waals surface area contributed by atoms with Gasteiger partial charge in [0.2, 0.25) is 5.91 Å². The van der Waals surface area contributed by atoms with Crippen LogP contribution < -0.4 is 15.4 Å². The molecule has 1 heterocycles. The maximum absolute atomic E-state index is 13.0. The van der Waals surface area contributed by atoms with Crippen LogP contribution in [0.3, 0.4) is 0 Å². The van der Waals surface area contributed by atoms with Crippen molar-refractivity contribution in [3.8, 4) is 5.75 Å². The first-order valence-electron chi connectivity index (χ1n) is 9.63. The van der Waals surface area contributed by atoms with Crippen LogP contribution in [0, 0.1) is 11.2 Å². The van der Waals surface area contributed by atoms with Crippen LogP contribution in [-0.2, 0) is 11.3 Å². The Bertz CT molecular complexity index is 872. The predicted molar refractivity (Wildman–Crippen MR) is 109 cm³/mol. The minimum Gasteiger partial charge on any atom is -0.495 e. The molecule has 1 saturated heterocycles. The SMILES string of the molecule is COc1ccccc1NC(=O)N1CCCC(C)(C(=O)NCc2ccc(F)cc2)C1. The number of urea groups is 1. The summed E-state index contributed by atoms with van der Waals surface area (Å²) in [5.41, 5.74) is 0.731. The minimum absolute atomic E-state index is 0.114. The van der Waals surface area contributed by atoms with Crippen LogP contribution in [0.5, 0.6) is 5.75 Å². The third-order valence-electron chi connectivity index (χ3n) is 5.25. The van der Waals surface area contributed by atoms with E-state index in [-0.39, 0.29) is 17.8 Å². The Labute approximate surface area is 170 Å². The van der Waals surface area contributed by atoms with Crippen molar-refractivity contribution in [2.24, 2.45) is 5.41 Å². The number of hydrogen-bond donors (Lipinski definition) is 2. The molecule has 6 nitrogen and oxygen atoms in total. The van der Waals surface area contributed by atoms with Gasteiger partial charge in [-0.05, 0) is 49.6 Å². The van der Waals surface area contributed by atoms with E-state index < -0.39 is 5.41 Å². The summed E-state index contributed by atoms with van der Waals surface area (Å²) in [7, 11) is 1.55. The van der Waals surface area contributed by atoms with Gasteiger partial charge in [-0.2, -0.15) is 0 Å². The van der Waals surface area contributed by atoms with Gasteiger partial charge in [0.15, 0.2) is 0 Å². The van der Waals surface area contributed by atoms with Crippen LogP contribution in [0.15, 0.2) is 48.5 Å². The van der Waals surface area contributed by atoms with Crippen molar-refractivity contribution in [3.63, 3.8) is 0 Å². The van der Waals surface area contributed by atoms with Gasteiger partial charge >= 0.3 is 6.03 Å². The number of benzene rings is 2. The smallest absolute Gasteiger partial charge is 0.321 e. The molecule has 2 aromatic carbocycles. The molecular weight excluding hydrogens is 373 g/mol. The number of hydrogen-bond acceptors (Lipinski definition) is 3. The Morgan fingerprint density at radius 1 is 1.17 bits per heavy atom. The highest BCUT2D eigenvalue weighted by atomic mass is 19.1. The number of amides is 3. The second-order valence-electron chi connectivity index (χ2n) is 7.53. The molecule has 2 N–H and O–H groups in total. The Balaban J connectivity index is 1.61. The van der Waals surface area contributed by atoms with E-state index in [1.807, 2.05) is 19.1 Å². The average molecular weight is 399 g/mol. The van der Waals surface area contributed by atoms with Gasteiger partial charge in [-0.1, -0.05) is 24.3 Å². The molecule has 1 atom stereocenters. The fourth-order valence-corrected chi connectivity index (χ4v) is 3.54. The monoisotopic (exact) mass is 399 g/mol. The van der Waals surface area contributed by atoms with Crippen LogP contribution in [0.1, 0.15) is 25.3 Å². The molecule has 7 heteroatoms. The molecule has 1 fully saturated rings. The number of carbonyl (C=O) groups excluding carboxylic acids is 2. The number of anilines is 1. The third-order valence-corrected chi connectivity index (χ3v) is 5.25. The third kappa shape index (κ3) is 5.04. The van der Waals surface area contributed by atoms with E-state index in [9.17, 15) is 14.0 Å². The second-order valence-corrected chi connectivity index (χ2v) is 7.53. The topological polar surface area (TPSA) is 70.7 Å². The Morgan fingerprint density at radius 2 is 1.90 bits per heavy atom. The molecule has 0 aromatic heterocycles. The van der Waals surface area contributed by atoms with Gasteiger partial charge in [-0.25, -0.2) is 9.18 Å². The highest BCUT2D eigenvalue weighted by Crippen LogP contribution is 2.31. The minimum atomic E-state index is -0.684. The van der Waals surface area contributed by atoms with Gasteiger partial charge in [0.1, 0.15) is 11.6 Å². The maximum atomic E-state index is 13.0. The summed E-state index contributed by atoms with van der Waals surface area (Å²) in [6, 6.07) is 13.0. The molecule has 0 spiro atoms. The molecule has 154 valence electrons. The second kappa shape index (κ2) is 8.94. The molecule has 3 amide bonds. The molecule has 0 aliphatic carbocycles. The Morgan fingerprint density at radius 3 is 2.62 bits per heavy atom. The number of carbonyl (C=O) groups is 2. The number of rotatable bonds is 5. The molecule has 29 heavy (non-hydrogen) atoms. The fraction of sp³-hybridized carbons (Fsp3) is 0.364. The number of nitrogens with zero attached hydrogens (tertiary/aromatic N) is 1. The number of nitrogens with one attached hydrogen (secondary N) is 2. The first-order valence-corrected chi connectivity index (χ1v) is 9.63. The summed E-state index contributed by atoms with van der Waals surface area (Å²) in [5, 5.41) is 5.78. The molecule has 1 aliphatic heterocycles. The van der Waals surface area contributed by atoms with E-state index in [0.717, 1.165) is 12.0 Å². The van der Waals surface area contributed by atoms with Crippen LogP contribution in [0.25, 0.3) is 0 Å². The number of methoxy groups -OCH3 is 1. The molecule has 1 aliphatic rings. The molecule has 3 rings (SSSR count). The van der Waals surface area contributed by atoms with Gasteiger partial charge in [-0.3, -0.25) is 4.79 Å². The standard InChI is InChI=1S/C22H26FN3O3/c1-22(20(27)24-14-16-8-10-17(23)11-9-16)12-5-13-26(15-22)21(28)25-18-6-3-4-7-19(18)29-2/h3-4,6-11H,5,12-15H2,1-2H3,(H,24,27)(H,25,28). The Kier molecular flexibility index (Phi) is 6.36. The highest BCUT2D eigenvalue weighted by Gasteiger charge is 2.39. The van der Waals surface area contributed by atoms with E-state index in [2.05, 4.69) is 10.6 Å². The lowest BCUT2D eigenvalue weighted by Crippen LogP contribution is -2.52. The van der Waals surface area contributed by atoms with Crippen LogP contribution in [0.2, 0.25) is 0 Å². The number of para-hydroxylation sites is 2. The van der Waals surface area contributed by atoms with Crippen molar-refractivity contribution in [2.75, 3.05) is 25.5 Å².